The minimum Gasteiger partial charge on any atom is -0.493 e. The molecule has 0 saturated heterocycles. The van der Waals surface area contributed by atoms with E-state index < -0.39 is 5.97 Å². The fraction of sp³-hybridized carbons (Fsp3) is 0.103. The molecule has 0 heterocycles. The number of ether oxygens (including phenoxy) is 2. The molecule has 0 aromatic heterocycles. The van der Waals surface area contributed by atoms with E-state index in [4.69, 9.17) is 21.1 Å². The summed E-state index contributed by atoms with van der Waals surface area (Å²) in [6.07, 6.45) is 0. The Labute approximate surface area is 219 Å². The number of carboxylic acid groups (broad SMARTS) is 1. The van der Waals surface area contributed by atoms with Crippen molar-refractivity contribution in [2.75, 3.05) is 31.5 Å². The third-order valence-corrected chi connectivity index (χ3v) is 6.10. The van der Waals surface area contributed by atoms with Crippen LogP contribution >= 0.6 is 11.6 Å². The molecule has 2 N–H and O–H groups in total. The maximum atomic E-state index is 13.3. The van der Waals surface area contributed by atoms with E-state index in [2.05, 4.69) is 5.32 Å². The van der Waals surface area contributed by atoms with E-state index in [-0.39, 0.29) is 16.9 Å². The molecule has 8 heteroatoms. The number of hydrogen-bond acceptors (Lipinski definition) is 6. The van der Waals surface area contributed by atoms with Crippen LogP contribution in [0.15, 0.2) is 84.9 Å². The lowest BCUT2D eigenvalue weighted by Gasteiger charge is -2.20. The average Bonchev–Trinajstić information content (AvgIpc) is 2.92. The van der Waals surface area contributed by atoms with Crippen molar-refractivity contribution in [2.24, 2.45) is 0 Å². The molecular weight excluding hydrogens is 492 g/mol. The van der Waals surface area contributed by atoms with E-state index in [0.717, 1.165) is 11.4 Å². The third-order valence-electron chi connectivity index (χ3n) is 5.85. The fourth-order valence-corrected chi connectivity index (χ4v) is 3.98. The maximum absolute atomic E-state index is 13.3. The van der Waals surface area contributed by atoms with E-state index in [9.17, 15) is 14.7 Å². The van der Waals surface area contributed by atoms with Crippen LogP contribution in [0.3, 0.4) is 0 Å². The Morgan fingerprint density at radius 1 is 0.730 bits per heavy atom. The van der Waals surface area contributed by atoms with Crippen molar-refractivity contribution in [3.63, 3.8) is 0 Å². The summed E-state index contributed by atoms with van der Waals surface area (Å²) < 4.78 is 10.6. The van der Waals surface area contributed by atoms with Crippen LogP contribution in [0.2, 0.25) is 5.02 Å². The molecule has 0 atom stereocenters. The van der Waals surface area contributed by atoms with Crippen LogP contribution in [0.4, 0.5) is 22.7 Å². The smallest absolute Gasteiger partial charge is 0.335 e. The highest BCUT2D eigenvalue weighted by Crippen LogP contribution is 2.32. The highest BCUT2D eigenvalue weighted by Gasteiger charge is 2.16. The molecule has 0 aliphatic rings. The number of rotatable bonds is 9. The van der Waals surface area contributed by atoms with E-state index in [1.54, 1.807) is 43.5 Å². The number of hydrogen-bond donors (Lipinski definition) is 2. The van der Waals surface area contributed by atoms with Crippen LogP contribution in [0.5, 0.6) is 11.5 Å². The van der Waals surface area contributed by atoms with Crippen molar-refractivity contribution in [3.8, 4) is 11.5 Å². The van der Waals surface area contributed by atoms with Gasteiger partial charge >= 0.3 is 5.97 Å². The molecule has 7 nitrogen and oxygen atoms in total. The van der Waals surface area contributed by atoms with Gasteiger partial charge in [-0.1, -0.05) is 11.6 Å². The van der Waals surface area contributed by atoms with Gasteiger partial charge in [0, 0.05) is 52.0 Å². The zero-order valence-electron chi connectivity index (χ0n) is 20.5. The summed E-state index contributed by atoms with van der Waals surface area (Å²) in [5, 5.41) is 13.4. The van der Waals surface area contributed by atoms with Crippen LogP contribution in [0.25, 0.3) is 0 Å². The second-order valence-electron chi connectivity index (χ2n) is 8.21. The summed E-state index contributed by atoms with van der Waals surface area (Å²) in [6, 6.07) is 24.3. The molecule has 0 aliphatic heterocycles. The van der Waals surface area contributed by atoms with Crippen molar-refractivity contribution >= 4 is 46.1 Å². The van der Waals surface area contributed by atoms with Crippen molar-refractivity contribution in [3.05, 3.63) is 107 Å². The monoisotopic (exact) mass is 516 g/mol. The van der Waals surface area contributed by atoms with Crippen LogP contribution in [0, 0.1) is 0 Å². The lowest BCUT2D eigenvalue weighted by Crippen LogP contribution is -2.10. The molecule has 0 aliphatic carbocycles. The molecule has 0 fully saturated rings. The SMILES string of the molecule is COc1ccc(Nc2cc(C(=O)O)cc(C(=O)c3ccc(N(C)c4ccc(Cl)cc4)cc3)c2)cc1OC. The van der Waals surface area contributed by atoms with Crippen LogP contribution in [-0.2, 0) is 0 Å². The van der Waals surface area contributed by atoms with Gasteiger partial charge in [0.2, 0.25) is 0 Å². The van der Waals surface area contributed by atoms with Gasteiger partial charge in [0.25, 0.3) is 0 Å². The number of anilines is 4. The second kappa shape index (κ2) is 11.1. The first-order chi connectivity index (χ1) is 17.8. The largest absolute Gasteiger partial charge is 0.493 e. The number of methoxy groups -OCH3 is 2. The summed E-state index contributed by atoms with van der Waals surface area (Å²) in [4.78, 5) is 27.1. The van der Waals surface area contributed by atoms with Gasteiger partial charge in [0.15, 0.2) is 17.3 Å². The summed E-state index contributed by atoms with van der Waals surface area (Å²) in [6.45, 7) is 0. The molecule has 0 saturated carbocycles. The van der Waals surface area contributed by atoms with Crippen LogP contribution in [0.1, 0.15) is 26.3 Å². The number of carbonyl (C=O) groups excluding carboxylic acids is 1. The average molecular weight is 517 g/mol. The molecule has 0 amide bonds. The predicted molar refractivity (Wildman–Crippen MR) is 146 cm³/mol. The van der Waals surface area contributed by atoms with Gasteiger partial charge in [0.05, 0.1) is 19.8 Å². The molecule has 0 bridgehead atoms. The van der Waals surface area contributed by atoms with Gasteiger partial charge in [-0.15, -0.1) is 0 Å². The number of aromatic carboxylic acids is 1. The van der Waals surface area contributed by atoms with Crippen LogP contribution in [-0.4, -0.2) is 38.1 Å². The Bertz CT molecular complexity index is 1440. The van der Waals surface area contributed by atoms with Crippen molar-refractivity contribution in [1.29, 1.82) is 0 Å². The molecule has 37 heavy (non-hydrogen) atoms. The molecule has 4 aromatic rings. The first-order valence-corrected chi connectivity index (χ1v) is 11.7. The summed E-state index contributed by atoms with van der Waals surface area (Å²) in [5.41, 5.74) is 3.61. The van der Waals surface area contributed by atoms with Gasteiger partial charge in [-0.25, -0.2) is 4.79 Å². The Hall–Kier alpha value is -4.49. The number of benzene rings is 4. The Kier molecular flexibility index (Phi) is 7.65. The number of nitrogens with one attached hydrogen (secondary N) is 1. The number of nitrogens with zero attached hydrogens (tertiary/aromatic N) is 1. The van der Waals surface area contributed by atoms with Crippen molar-refractivity contribution in [2.45, 2.75) is 0 Å². The van der Waals surface area contributed by atoms with Gasteiger partial charge in [-0.05, 0) is 78.9 Å². The third kappa shape index (κ3) is 5.85. The fourth-order valence-electron chi connectivity index (χ4n) is 3.85. The number of carbonyl (C=O) groups is 2. The zero-order valence-corrected chi connectivity index (χ0v) is 21.2. The number of ketones is 1. The standard InChI is InChI=1S/C29H25ClN2O5/c1-32(25-11-6-21(30)7-12-25)24-9-4-18(5-10-24)28(33)19-14-20(29(34)35)16-23(15-19)31-22-8-13-26(36-2)27(17-22)37-3/h4-17,31H,1-3H3,(H,34,35). The predicted octanol–water partition coefficient (Wildman–Crippen LogP) is 6.80. The Morgan fingerprint density at radius 3 is 1.92 bits per heavy atom. The van der Waals surface area contributed by atoms with Gasteiger partial charge in [0.1, 0.15) is 0 Å². The van der Waals surface area contributed by atoms with E-state index >= 15 is 0 Å². The molecule has 0 radical (unpaired) electrons. The first-order valence-electron chi connectivity index (χ1n) is 11.3. The van der Waals surface area contributed by atoms with Gasteiger partial charge < -0.3 is 24.8 Å². The second-order valence-corrected chi connectivity index (χ2v) is 8.65. The first kappa shape index (κ1) is 25.6. The van der Waals surface area contributed by atoms with Gasteiger partial charge in [-0.3, -0.25) is 4.79 Å². The quantitative estimate of drug-likeness (QED) is 0.236. The highest BCUT2D eigenvalue weighted by atomic mass is 35.5. The minimum atomic E-state index is -1.13. The Balaban J connectivity index is 1.60. The minimum absolute atomic E-state index is 0.00656. The van der Waals surface area contributed by atoms with E-state index in [0.29, 0.717) is 33.5 Å². The van der Waals surface area contributed by atoms with Crippen molar-refractivity contribution in [1.82, 2.24) is 0 Å². The summed E-state index contributed by atoms with van der Waals surface area (Å²) in [7, 11) is 4.99. The van der Waals surface area contributed by atoms with Gasteiger partial charge in [-0.2, -0.15) is 0 Å². The Morgan fingerprint density at radius 2 is 1.32 bits per heavy atom. The number of halogens is 1. The lowest BCUT2D eigenvalue weighted by atomic mass is 10.00. The summed E-state index contributed by atoms with van der Waals surface area (Å²) >= 11 is 5.98. The zero-order chi connectivity index (χ0) is 26.5. The maximum Gasteiger partial charge on any atom is 0.335 e. The highest BCUT2D eigenvalue weighted by molar-refractivity contribution is 6.30. The molecule has 0 spiro atoms. The lowest BCUT2D eigenvalue weighted by molar-refractivity contribution is 0.0697. The molecule has 188 valence electrons. The molecule has 4 rings (SSSR count). The van der Waals surface area contributed by atoms with E-state index in [1.807, 2.05) is 48.3 Å². The molecular formula is C29H25ClN2O5. The molecule has 4 aromatic carbocycles. The number of carboxylic acids is 1. The van der Waals surface area contributed by atoms with Crippen molar-refractivity contribution < 1.29 is 24.2 Å². The topological polar surface area (TPSA) is 88.1 Å². The molecule has 0 unspecified atom stereocenters. The van der Waals surface area contributed by atoms with E-state index in [1.165, 1.54) is 19.2 Å². The summed E-state index contributed by atoms with van der Waals surface area (Å²) in [5.74, 6) is -0.348. The normalized spacial score (nSPS) is 10.5. The van der Waals surface area contributed by atoms with Crippen LogP contribution < -0.4 is 19.7 Å².